The number of carbonyl (C=O) groups excluding carboxylic acids is 1. The number of alkyl halides is 3. The molecule has 0 saturated heterocycles. The highest BCUT2D eigenvalue weighted by Crippen LogP contribution is 2.20. The molecule has 1 aromatic rings. The van der Waals surface area contributed by atoms with Gasteiger partial charge in [0.05, 0.1) is 10.7 Å². The fourth-order valence-corrected chi connectivity index (χ4v) is 1.09. The van der Waals surface area contributed by atoms with E-state index in [4.69, 9.17) is 11.6 Å². The Kier molecular flexibility index (Phi) is 4.00. The van der Waals surface area contributed by atoms with E-state index in [1.807, 2.05) is 0 Å². The minimum absolute atomic E-state index is 0.254. The number of nitrogens with one attached hydrogen (secondary N) is 2. The van der Waals surface area contributed by atoms with Crippen molar-refractivity contribution in [2.45, 2.75) is 6.18 Å². The predicted octanol–water partition coefficient (Wildman–Crippen LogP) is 3.02. The highest BCUT2D eigenvalue weighted by molar-refractivity contribution is 6.33. The third-order valence-corrected chi connectivity index (χ3v) is 1.90. The van der Waals surface area contributed by atoms with Crippen molar-refractivity contribution in [3.05, 3.63) is 29.3 Å². The van der Waals surface area contributed by atoms with Crippen LogP contribution in [0.15, 0.2) is 24.3 Å². The van der Waals surface area contributed by atoms with Gasteiger partial charge in [-0.3, -0.25) is 0 Å². The topological polar surface area (TPSA) is 41.1 Å². The molecule has 0 aromatic heterocycles. The van der Waals surface area contributed by atoms with Crippen molar-refractivity contribution < 1.29 is 18.0 Å². The summed E-state index contributed by atoms with van der Waals surface area (Å²) in [5.74, 6) is 0. The second kappa shape index (κ2) is 5.07. The Hall–Kier alpha value is -1.43. The predicted molar refractivity (Wildman–Crippen MR) is 54.5 cm³/mol. The minimum Gasteiger partial charge on any atom is -0.329 e. The quantitative estimate of drug-likeness (QED) is 0.835. The smallest absolute Gasteiger partial charge is 0.329 e. The van der Waals surface area contributed by atoms with Crippen molar-refractivity contribution in [2.24, 2.45) is 0 Å². The van der Waals surface area contributed by atoms with E-state index in [9.17, 15) is 18.0 Å². The summed E-state index contributed by atoms with van der Waals surface area (Å²) < 4.78 is 35.3. The fourth-order valence-electron chi connectivity index (χ4n) is 0.910. The Morgan fingerprint density at radius 1 is 1.31 bits per heavy atom. The van der Waals surface area contributed by atoms with Crippen LogP contribution in [-0.4, -0.2) is 18.8 Å². The van der Waals surface area contributed by atoms with Gasteiger partial charge < -0.3 is 10.6 Å². The number of carbonyl (C=O) groups is 1. The lowest BCUT2D eigenvalue weighted by Crippen LogP contribution is -2.36. The molecule has 7 heteroatoms. The van der Waals surface area contributed by atoms with Crippen LogP contribution in [0.5, 0.6) is 0 Å². The molecular formula is C9H8ClF3N2O. The summed E-state index contributed by atoms with van der Waals surface area (Å²) in [5, 5.41) is 4.12. The largest absolute Gasteiger partial charge is 0.405 e. The molecule has 0 saturated carbocycles. The summed E-state index contributed by atoms with van der Waals surface area (Å²) in [5.41, 5.74) is 0.254. The molecule has 88 valence electrons. The number of amides is 2. The number of hydrogen-bond donors (Lipinski definition) is 2. The molecule has 16 heavy (non-hydrogen) atoms. The molecule has 0 bridgehead atoms. The van der Waals surface area contributed by atoms with Crippen LogP contribution in [0.25, 0.3) is 0 Å². The Morgan fingerprint density at radius 3 is 2.50 bits per heavy atom. The van der Waals surface area contributed by atoms with E-state index in [1.165, 1.54) is 12.1 Å². The lowest BCUT2D eigenvalue weighted by atomic mass is 10.3. The highest BCUT2D eigenvalue weighted by Gasteiger charge is 2.27. The Labute approximate surface area is 94.6 Å². The molecule has 0 radical (unpaired) electrons. The molecule has 0 heterocycles. The van der Waals surface area contributed by atoms with Crippen molar-refractivity contribution in [3.63, 3.8) is 0 Å². The van der Waals surface area contributed by atoms with Gasteiger partial charge in [-0.15, -0.1) is 0 Å². The molecular weight excluding hydrogens is 245 g/mol. The Balaban J connectivity index is 2.50. The molecule has 1 aromatic carbocycles. The number of rotatable bonds is 2. The molecule has 2 N–H and O–H groups in total. The molecule has 0 aliphatic heterocycles. The summed E-state index contributed by atoms with van der Waals surface area (Å²) in [6.45, 7) is -1.39. The Morgan fingerprint density at radius 2 is 1.94 bits per heavy atom. The van der Waals surface area contributed by atoms with Crippen molar-refractivity contribution in [3.8, 4) is 0 Å². The fraction of sp³-hybridized carbons (Fsp3) is 0.222. The first-order chi connectivity index (χ1) is 7.38. The maximum absolute atomic E-state index is 11.8. The lowest BCUT2D eigenvalue weighted by molar-refractivity contribution is -0.122. The van der Waals surface area contributed by atoms with Crippen molar-refractivity contribution >= 4 is 23.3 Å². The van der Waals surface area contributed by atoms with Gasteiger partial charge in [-0.05, 0) is 12.1 Å². The average Bonchev–Trinajstić information content (AvgIpc) is 2.18. The van der Waals surface area contributed by atoms with Gasteiger partial charge in [-0.2, -0.15) is 13.2 Å². The maximum atomic E-state index is 11.8. The summed E-state index contributed by atoms with van der Waals surface area (Å²) in [6, 6.07) is 5.29. The first kappa shape index (κ1) is 12.6. The normalized spacial score (nSPS) is 11.0. The summed E-state index contributed by atoms with van der Waals surface area (Å²) in [4.78, 5) is 11.0. The van der Waals surface area contributed by atoms with Crippen LogP contribution in [0.2, 0.25) is 5.02 Å². The minimum atomic E-state index is -4.43. The number of urea groups is 1. The lowest BCUT2D eigenvalue weighted by Gasteiger charge is -2.10. The number of hydrogen-bond acceptors (Lipinski definition) is 1. The van der Waals surface area contributed by atoms with Crippen LogP contribution >= 0.6 is 11.6 Å². The third kappa shape index (κ3) is 4.39. The van der Waals surface area contributed by atoms with E-state index in [-0.39, 0.29) is 10.7 Å². The molecule has 1 rings (SSSR count). The van der Waals surface area contributed by atoms with Gasteiger partial charge in [0.2, 0.25) is 0 Å². The van der Waals surface area contributed by atoms with Crippen molar-refractivity contribution in [1.82, 2.24) is 5.32 Å². The van der Waals surface area contributed by atoms with Gasteiger partial charge in [0.15, 0.2) is 0 Å². The van der Waals surface area contributed by atoms with E-state index in [0.717, 1.165) is 0 Å². The van der Waals surface area contributed by atoms with Gasteiger partial charge in [0, 0.05) is 0 Å². The number of anilines is 1. The van der Waals surface area contributed by atoms with Crippen LogP contribution in [0.1, 0.15) is 0 Å². The van der Waals surface area contributed by atoms with E-state index in [1.54, 1.807) is 17.4 Å². The van der Waals surface area contributed by atoms with E-state index in [2.05, 4.69) is 5.32 Å². The number of benzene rings is 1. The SMILES string of the molecule is O=C(NCC(F)(F)F)Nc1ccccc1Cl. The van der Waals surface area contributed by atoms with Gasteiger partial charge in [-0.25, -0.2) is 4.79 Å². The molecule has 0 aliphatic rings. The second-order valence-corrected chi connectivity index (χ2v) is 3.31. The summed E-state index contributed by atoms with van der Waals surface area (Å²) in [7, 11) is 0. The van der Waals surface area contributed by atoms with Gasteiger partial charge in [0.25, 0.3) is 0 Å². The Bertz CT molecular complexity index is 381. The van der Waals surface area contributed by atoms with Crippen LogP contribution < -0.4 is 10.6 Å². The highest BCUT2D eigenvalue weighted by atomic mass is 35.5. The molecule has 0 spiro atoms. The average molecular weight is 253 g/mol. The molecule has 0 unspecified atom stereocenters. The molecule has 2 amide bonds. The molecule has 3 nitrogen and oxygen atoms in total. The zero-order chi connectivity index (χ0) is 12.2. The van der Waals surface area contributed by atoms with Gasteiger partial charge in [0.1, 0.15) is 6.54 Å². The first-order valence-electron chi connectivity index (χ1n) is 4.24. The van der Waals surface area contributed by atoms with Gasteiger partial charge >= 0.3 is 12.2 Å². The van der Waals surface area contributed by atoms with Gasteiger partial charge in [-0.1, -0.05) is 23.7 Å². The van der Waals surface area contributed by atoms with Crippen LogP contribution in [0.4, 0.5) is 23.7 Å². The van der Waals surface area contributed by atoms with Crippen LogP contribution in [0.3, 0.4) is 0 Å². The number of halogens is 4. The number of para-hydroxylation sites is 1. The molecule has 0 atom stereocenters. The second-order valence-electron chi connectivity index (χ2n) is 2.90. The summed E-state index contributed by atoms with van der Waals surface area (Å²) >= 11 is 5.69. The van der Waals surface area contributed by atoms with Crippen LogP contribution in [-0.2, 0) is 0 Å². The maximum Gasteiger partial charge on any atom is 0.405 e. The third-order valence-electron chi connectivity index (χ3n) is 1.57. The first-order valence-corrected chi connectivity index (χ1v) is 4.62. The standard InChI is InChI=1S/C9H8ClF3N2O/c10-6-3-1-2-4-7(6)15-8(16)14-5-9(11,12)13/h1-4H,5H2,(H2,14,15,16). The molecule has 0 aliphatic carbocycles. The van der Waals surface area contributed by atoms with Crippen LogP contribution in [0, 0.1) is 0 Å². The molecule has 0 fully saturated rings. The van der Waals surface area contributed by atoms with Crippen molar-refractivity contribution in [2.75, 3.05) is 11.9 Å². The van der Waals surface area contributed by atoms with Crippen molar-refractivity contribution in [1.29, 1.82) is 0 Å². The van der Waals surface area contributed by atoms with E-state index < -0.39 is 18.8 Å². The summed E-state index contributed by atoms with van der Waals surface area (Å²) in [6.07, 6.45) is -4.43. The zero-order valence-electron chi connectivity index (χ0n) is 7.94. The van der Waals surface area contributed by atoms with E-state index >= 15 is 0 Å². The zero-order valence-corrected chi connectivity index (χ0v) is 8.69. The monoisotopic (exact) mass is 252 g/mol. The van der Waals surface area contributed by atoms with E-state index in [0.29, 0.717) is 0 Å².